The molecule has 2 aromatic carbocycles. The Morgan fingerprint density at radius 3 is 2.43 bits per heavy atom. The molecule has 0 unspecified atom stereocenters. The molecular formula is C26H20F8N8O2. The molecule has 1 amide bonds. The van der Waals surface area contributed by atoms with Crippen molar-refractivity contribution >= 4 is 17.6 Å². The van der Waals surface area contributed by atoms with Gasteiger partial charge < -0.3 is 20.0 Å². The molecule has 2 aromatic heterocycles. The summed E-state index contributed by atoms with van der Waals surface area (Å²) in [5.41, 5.74) is 4.65. The molecule has 2 aliphatic heterocycles. The number of aromatic nitrogens is 5. The Bertz CT molecular complexity index is 1720. The summed E-state index contributed by atoms with van der Waals surface area (Å²) in [4.78, 5) is 18.5. The summed E-state index contributed by atoms with van der Waals surface area (Å²) in [5, 5.41) is 10.8. The molecule has 1 fully saturated rings. The number of benzene rings is 2. The van der Waals surface area contributed by atoms with Gasteiger partial charge in [0.15, 0.2) is 0 Å². The van der Waals surface area contributed by atoms with Gasteiger partial charge in [-0.1, -0.05) is 17.2 Å². The van der Waals surface area contributed by atoms with Crippen molar-refractivity contribution in [3.63, 3.8) is 0 Å². The second-order valence-corrected chi connectivity index (χ2v) is 10.4. The van der Waals surface area contributed by atoms with Crippen LogP contribution >= 0.6 is 0 Å². The first-order valence-electron chi connectivity index (χ1n) is 12.9. The lowest BCUT2D eigenvalue weighted by Gasteiger charge is -2.25. The van der Waals surface area contributed by atoms with Crippen molar-refractivity contribution in [2.75, 3.05) is 22.9 Å². The SMILES string of the molecule is N[C@@H]1CC(F)(F)c2cc(F)c(-c3nnc(N4CCC(F)(F)C4)o3)cc2N(Cc2ccc(-n3cnc(C(F)(F)F)n3)cc2)C1=O. The quantitative estimate of drug-likeness (QED) is 0.317. The van der Waals surface area contributed by atoms with E-state index in [1.807, 2.05) is 0 Å². The molecule has 10 nitrogen and oxygen atoms in total. The summed E-state index contributed by atoms with van der Waals surface area (Å²) in [5.74, 6) is -10.7. The number of amides is 1. The summed E-state index contributed by atoms with van der Waals surface area (Å²) < 4.78 is 118. The molecule has 0 radical (unpaired) electrons. The predicted molar refractivity (Wildman–Crippen MR) is 136 cm³/mol. The largest absolute Gasteiger partial charge is 0.453 e. The molecule has 44 heavy (non-hydrogen) atoms. The van der Waals surface area contributed by atoms with Gasteiger partial charge in [-0.2, -0.15) is 13.2 Å². The second kappa shape index (κ2) is 10.2. The topological polar surface area (TPSA) is 119 Å². The monoisotopic (exact) mass is 628 g/mol. The molecule has 4 heterocycles. The molecule has 232 valence electrons. The fourth-order valence-electron chi connectivity index (χ4n) is 5.00. The van der Waals surface area contributed by atoms with Gasteiger partial charge in [-0.05, 0) is 29.8 Å². The Morgan fingerprint density at radius 2 is 1.80 bits per heavy atom. The number of hydrogen-bond donors (Lipinski definition) is 1. The van der Waals surface area contributed by atoms with E-state index in [9.17, 15) is 26.7 Å². The zero-order valence-electron chi connectivity index (χ0n) is 22.2. The van der Waals surface area contributed by atoms with Crippen LogP contribution in [0.5, 0.6) is 0 Å². The van der Waals surface area contributed by atoms with Crippen molar-refractivity contribution in [2.45, 2.75) is 43.4 Å². The number of rotatable bonds is 5. The lowest BCUT2D eigenvalue weighted by molar-refractivity contribution is -0.144. The second-order valence-electron chi connectivity index (χ2n) is 10.4. The minimum atomic E-state index is -4.75. The zero-order chi connectivity index (χ0) is 31.6. The van der Waals surface area contributed by atoms with E-state index < -0.39 is 83.7 Å². The highest BCUT2D eigenvalue weighted by atomic mass is 19.4. The van der Waals surface area contributed by atoms with E-state index in [4.69, 9.17) is 10.2 Å². The van der Waals surface area contributed by atoms with Crippen LogP contribution in [0.2, 0.25) is 0 Å². The number of nitrogens with two attached hydrogens (primary N) is 1. The summed E-state index contributed by atoms with van der Waals surface area (Å²) in [7, 11) is 0. The fraction of sp³-hybridized carbons (Fsp3) is 0.346. The number of alkyl halides is 7. The van der Waals surface area contributed by atoms with Crippen LogP contribution in [0.1, 0.15) is 29.8 Å². The molecule has 1 atom stereocenters. The van der Waals surface area contributed by atoms with Crippen LogP contribution < -0.4 is 15.5 Å². The number of fused-ring (bicyclic) bond motifs is 1. The highest BCUT2D eigenvalue weighted by molar-refractivity contribution is 5.99. The molecule has 0 spiro atoms. The van der Waals surface area contributed by atoms with Gasteiger partial charge in [-0.15, -0.1) is 10.2 Å². The van der Waals surface area contributed by atoms with Crippen LogP contribution in [0.3, 0.4) is 0 Å². The zero-order valence-corrected chi connectivity index (χ0v) is 22.2. The molecule has 4 aromatic rings. The molecule has 0 aliphatic carbocycles. The van der Waals surface area contributed by atoms with Gasteiger partial charge in [0.1, 0.15) is 12.1 Å². The van der Waals surface area contributed by atoms with Crippen LogP contribution in [0.4, 0.5) is 46.8 Å². The molecule has 2 N–H and O–H groups in total. The number of nitrogens with zero attached hydrogens (tertiary/aromatic N) is 7. The summed E-state index contributed by atoms with van der Waals surface area (Å²) >= 11 is 0. The summed E-state index contributed by atoms with van der Waals surface area (Å²) in [6.45, 7) is -1.15. The van der Waals surface area contributed by atoms with Crippen molar-refractivity contribution in [3.05, 3.63) is 65.5 Å². The lowest BCUT2D eigenvalue weighted by Crippen LogP contribution is -2.43. The van der Waals surface area contributed by atoms with E-state index in [-0.39, 0.29) is 24.8 Å². The Labute approximate surface area is 242 Å². The van der Waals surface area contributed by atoms with Crippen LogP contribution in [0.25, 0.3) is 17.1 Å². The lowest BCUT2D eigenvalue weighted by atomic mass is 9.99. The number of anilines is 2. The van der Waals surface area contributed by atoms with Gasteiger partial charge in [0.25, 0.3) is 23.6 Å². The van der Waals surface area contributed by atoms with E-state index in [0.29, 0.717) is 11.6 Å². The van der Waals surface area contributed by atoms with Crippen LogP contribution in [-0.4, -0.2) is 55.9 Å². The van der Waals surface area contributed by atoms with E-state index in [1.165, 1.54) is 24.3 Å². The highest BCUT2D eigenvalue weighted by Crippen LogP contribution is 2.45. The Balaban J connectivity index is 1.34. The van der Waals surface area contributed by atoms with Crippen molar-refractivity contribution in [2.24, 2.45) is 5.73 Å². The van der Waals surface area contributed by atoms with Gasteiger partial charge in [0.2, 0.25) is 5.91 Å². The third-order valence-electron chi connectivity index (χ3n) is 7.20. The maximum Gasteiger partial charge on any atom is 0.453 e. The average molecular weight is 628 g/mol. The first-order chi connectivity index (χ1) is 20.6. The predicted octanol–water partition coefficient (Wildman–Crippen LogP) is 4.68. The molecule has 0 bridgehead atoms. The van der Waals surface area contributed by atoms with Gasteiger partial charge >= 0.3 is 12.2 Å². The van der Waals surface area contributed by atoms with Crippen LogP contribution in [0, 0.1) is 5.82 Å². The molecule has 1 saturated heterocycles. The van der Waals surface area contributed by atoms with Gasteiger partial charge in [0.05, 0.1) is 36.1 Å². The van der Waals surface area contributed by atoms with Gasteiger partial charge in [-0.25, -0.2) is 31.6 Å². The minimum Gasteiger partial charge on any atom is -0.403 e. The van der Waals surface area contributed by atoms with Crippen LogP contribution in [0.15, 0.2) is 47.1 Å². The number of carbonyl (C=O) groups excluding carboxylic acids is 1. The standard InChI is InChI=1S/C26H20F8N8O2/c27-17-8-16-19(7-15(17)20-37-38-23(44-20)40-6-5-24(28,29)11-40)41(21(43)18(35)9-25(16,30)31)10-13-1-3-14(4-2-13)42-12-36-22(39-42)26(32,33)34/h1-4,7-8,12,18H,5-6,9-11,35H2/t18-/m1/s1. The summed E-state index contributed by atoms with van der Waals surface area (Å²) in [6, 6.07) is 5.06. The highest BCUT2D eigenvalue weighted by Gasteiger charge is 2.45. The number of carbonyl (C=O) groups is 1. The van der Waals surface area contributed by atoms with Gasteiger partial charge in [-0.3, -0.25) is 4.79 Å². The number of hydrogen-bond acceptors (Lipinski definition) is 8. The maximum absolute atomic E-state index is 15.3. The summed E-state index contributed by atoms with van der Waals surface area (Å²) in [6.07, 6.45) is -5.47. The minimum absolute atomic E-state index is 0.104. The Hall–Kier alpha value is -4.61. The average Bonchev–Trinajstić information content (AvgIpc) is 3.70. The fourth-order valence-corrected chi connectivity index (χ4v) is 5.00. The molecule has 2 aliphatic rings. The van der Waals surface area contributed by atoms with Crippen molar-refractivity contribution in [1.82, 2.24) is 25.0 Å². The van der Waals surface area contributed by atoms with E-state index >= 15 is 13.2 Å². The molecular weight excluding hydrogens is 608 g/mol. The third kappa shape index (κ3) is 5.44. The molecule has 18 heteroatoms. The number of halogens is 8. The first-order valence-corrected chi connectivity index (χ1v) is 12.9. The van der Waals surface area contributed by atoms with Crippen molar-refractivity contribution in [1.29, 1.82) is 0 Å². The third-order valence-corrected chi connectivity index (χ3v) is 7.20. The van der Waals surface area contributed by atoms with E-state index in [2.05, 4.69) is 20.3 Å². The maximum atomic E-state index is 15.3. The van der Waals surface area contributed by atoms with Crippen LogP contribution in [-0.2, 0) is 23.4 Å². The van der Waals surface area contributed by atoms with Crippen molar-refractivity contribution < 1.29 is 44.3 Å². The first kappa shape index (κ1) is 29.5. The van der Waals surface area contributed by atoms with E-state index in [0.717, 1.165) is 26.9 Å². The normalized spacial score (nSPS) is 19.8. The van der Waals surface area contributed by atoms with Crippen molar-refractivity contribution in [3.8, 4) is 17.1 Å². The Morgan fingerprint density at radius 1 is 1.07 bits per heavy atom. The Kier molecular flexibility index (Phi) is 6.86. The van der Waals surface area contributed by atoms with E-state index in [1.54, 1.807) is 0 Å². The molecule has 0 saturated carbocycles. The smallest absolute Gasteiger partial charge is 0.403 e. The van der Waals surface area contributed by atoms with Gasteiger partial charge in [0, 0.05) is 24.9 Å². The molecule has 6 rings (SSSR count).